The predicted molar refractivity (Wildman–Crippen MR) is 244 cm³/mol. The maximum atomic E-state index is 6.55. The van der Waals surface area contributed by atoms with E-state index in [4.69, 9.17) is 33.2 Å². The first-order chi connectivity index (χ1) is 30.2. The van der Waals surface area contributed by atoms with Crippen molar-refractivity contribution in [2.75, 3.05) is 9.80 Å². The lowest BCUT2D eigenvalue weighted by Gasteiger charge is -2.23. The Morgan fingerprint density at radius 2 is 0.705 bits per heavy atom. The first-order valence-corrected chi connectivity index (χ1v) is 20.0. The second-order valence-corrected chi connectivity index (χ2v) is 15.2. The average molecular weight is 787 g/mol. The third-order valence-electron chi connectivity index (χ3n) is 11.6. The van der Waals surface area contributed by atoms with Crippen molar-refractivity contribution in [1.82, 2.24) is 19.9 Å². The van der Waals surface area contributed by atoms with Gasteiger partial charge in [0.1, 0.15) is 22.3 Å². The normalized spacial score (nSPS) is 11.9. The largest absolute Gasteiger partial charge is 0.456 e. The smallest absolute Gasteiger partial charge is 0.237 e. The van der Waals surface area contributed by atoms with E-state index in [9.17, 15) is 0 Å². The van der Waals surface area contributed by atoms with Crippen molar-refractivity contribution in [3.05, 3.63) is 182 Å². The van der Waals surface area contributed by atoms with Crippen molar-refractivity contribution in [3.63, 3.8) is 0 Å². The molecule has 5 heterocycles. The maximum Gasteiger partial charge on any atom is 0.237 e. The number of para-hydroxylation sites is 2. The Morgan fingerprint density at radius 3 is 1.20 bits per heavy atom. The van der Waals surface area contributed by atoms with Crippen LogP contribution in [0.25, 0.3) is 87.6 Å². The molecule has 13 rings (SSSR count). The third-order valence-corrected chi connectivity index (χ3v) is 11.6. The summed E-state index contributed by atoms with van der Waals surface area (Å²) in [5.74, 6) is 0.866. The average Bonchev–Trinajstić information content (AvgIpc) is 3.99. The number of benzene rings is 8. The molecular formula is C52H30N6O3. The molecule has 0 aliphatic heterocycles. The molecule has 5 aromatic heterocycles. The van der Waals surface area contributed by atoms with E-state index < -0.39 is 0 Å². The van der Waals surface area contributed by atoms with Crippen molar-refractivity contribution in [2.45, 2.75) is 0 Å². The molecule has 0 radical (unpaired) electrons. The number of fused-ring (bicyclic) bond motifs is 11. The van der Waals surface area contributed by atoms with Gasteiger partial charge in [-0.15, -0.1) is 0 Å². The van der Waals surface area contributed by atoms with Gasteiger partial charge in [0, 0.05) is 57.4 Å². The van der Waals surface area contributed by atoms with E-state index >= 15 is 0 Å². The quantitative estimate of drug-likeness (QED) is 0.163. The topological polar surface area (TPSA) is 97.5 Å². The standard InChI is InChI=1S/C52H30N6O3/c1-3-11-33-25-35(19-17-31(33)9-1)57(37-21-23-41-39-13-5-7-15-45(39)59-47(41)27-37)51-53-29-43-44-30-54-52(56-50(44)61-49(43)55-51)58(36-20-18-32-10-2-4-12-34(32)26-36)38-22-24-42-40-14-6-8-16-46(40)60-48(42)28-38/h1-30H. The number of hydrogen-bond acceptors (Lipinski definition) is 9. The molecule has 0 aliphatic rings. The van der Waals surface area contributed by atoms with Gasteiger partial charge in [0.15, 0.2) is 0 Å². The van der Waals surface area contributed by atoms with Gasteiger partial charge in [-0.1, -0.05) is 97.1 Å². The second-order valence-electron chi connectivity index (χ2n) is 15.2. The summed E-state index contributed by atoms with van der Waals surface area (Å²) in [4.78, 5) is 24.1. The Labute approximate surface area is 346 Å². The number of nitrogens with zero attached hydrogens (tertiary/aromatic N) is 6. The van der Waals surface area contributed by atoms with Gasteiger partial charge in [-0.25, -0.2) is 9.97 Å². The van der Waals surface area contributed by atoms with Crippen LogP contribution in [-0.2, 0) is 0 Å². The van der Waals surface area contributed by atoms with Crippen LogP contribution in [0.5, 0.6) is 0 Å². The third kappa shape index (κ3) is 5.34. The van der Waals surface area contributed by atoms with Crippen LogP contribution in [-0.4, -0.2) is 19.9 Å². The van der Waals surface area contributed by atoms with Gasteiger partial charge in [-0.05, 0) is 82.2 Å². The summed E-state index contributed by atoms with van der Waals surface area (Å²) in [6.45, 7) is 0. The molecule has 13 aromatic rings. The highest BCUT2D eigenvalue weighted by Crippen LogP contribution is 2.41. The fraction of sp³-hybridized carbons (Fsp3) is 0. The molecule has 0 N–H and O–H groups in total. The van der Waals surface area contributed by atoms with Crippen LogP contribution in [0.15, 0.2) is 196 Å². The van der Waals surface area contributed by atoms with Crippen LogP contribution in [0.1, 0.15) is 0 Å². The molecular weight excluding hydrogens is 757 g/mol. The zero-order valence-corrected chi connectivity index (χ0v) is 32.2. The minimum absolute atomic E-state index is 0.392. The Kier molecular flexibility index (Phi) is 7.11. The molecule has 8 aromatic carbocycles. The Bertz CT molecular complexity index is 3640. The van der Waals surface area contributed by atoms with E-state index in [1.807, 2.05) is 82.6 Å². The van der Waals surface area contributed by atoms with E-state index in [1.54, 1.807) is 12.4 Å². The molecule has 0 amide bonds. The molecule has 0 fully saturated rings. The van der Waals surface area contributed by atoms with Gasteiger partial charge in [-0.3, -0.25) is 9.80 Å². The summed E-state index contributed by atoms with van der Waals surface area (Å²) in [5.41, 5.74) is 7.45. The predicted octanol–water partition coefficient (Wildman–Crippen LogP) is 14.2. The molecule has 0 unspecified atom stereocenters. The highest BCUT2D eigenvalue weighted by atomic mass is 16.4. The lowest BCUT2D eigenvalue weighted by atomic mass is 10.1. The van der Waals surface area contributed by atoms with Gasteiger partial charge in [-0.2, -0.15) is 9.97 Å². The maximum absolute atomic E-state index is 6.55. The number of aromatic nitrogens is 4. The molecule has 0 saturated carbocycles. The molecule has 0 spiro atoms. The number of rotatable bonds is 6. The summed E-state index contributed by atoms with van der Waals surface area (Å²) >= 11 is 0. The summed E-state index contributed by atoms with van der Waals surface area (Å²) in [5, 5.41) is 10.1. The van der Waals surface area contributed by atoms with Gasteiger partial charge >= 0.3 is 0 Å². The molecule has 61 heavy (non-hydrogen) atoms. The summed E-state index contributed by atoms with van der Waals surface area (Å²) in [6, 6.07) is 57.9. The van der Waals surface area contributed by atoms with E-state index in [0.29, 0.717) is 34.1 Å². The fourth-order valence-corrected chi connectivity index (χ4v) is 8.65. The number of furan rings is 3. The van der Waals surface area contributed by atoms with Crippen molar-refractivity contribution in [2.24, 2.45) is 0 Å². The summed E-state index contributed by atoms with van der Waals surface area (Å²) in [7, 11) is 0. The van der Waals surface area contributed by atoms with Crippen LogP contribution in [0, 0.1) is 0 Å². The molecule has 0 bridgehead atoms. The SMILES string of the molecule is c1ccc2cc(N(c3ccc4c(c3)oc3ccccc34)c3ncc4c(n3)oc3nc(N(c5ccc6ccccc6c5)c5ccc6c(c5)oc5ccccc56)ncc34)ccc2c1. The highest BCUT2D eigenvalue weighted by Gasteiger charge is 2.23. The van der Waals surface area contributed by atoms with Crippen molar-refractivity contribution < 1.29 is 13.3 Å². The van der Waals surface area contributed by atoms with Gasteiger partial charge in [0.25, 0.3) is 0 Å². The van der Waals surface area contributed by atoms with Gasteiger partial charge in [0.2, 0.25) is 23.3 Å². The van der Waals surface area contributed by atoms with Crippen molar-refractivity contribution in [3.8, 4) is 0 Å². The van der Waals surface area contributed by atoms with Crippen molar-refractivity contribution >= 4 is 122 Å². The molecule has 0 saturated heterocycles. The van der Waals surface area contributed by atoms with E-state index in [0.717, 1.165) is 88.2 Å². The van der Waals surface area contributed by atoms with E-state index in [2.05, 4.69) is 97.1 Å². The molecule has 0 atom stereocenters. The zero-order chi connectivity index (χ0) is 40.0. The van der Waals surface area contributed by atoms with Crippen LogP contribution in [0.2, 0.25) is 0 Å². The summed E-state index contributed by atoms with van der Waals surface area (Å²) < 4.78 is 19.2. The fourth-order valence-electron chi connectivity index (χ4n) is 8.65. The molecule has 286 valence electrons. The Balaban J connectivity index is 0.961. The molecule has 9 nitrogen and oxygen atoms in total. The Morgan fingerprint density at radius 1 is 0.311 bits per heavy atom. The van der Waals surface area contributed by atoms with Crippen molar-refractivity contribution in [1.29, 1.82) is 0 Å². The zero-order valence-electron chi connectivity index (χ0n) is 32.2. The van der Waals surface area contributed by atoms with Crippen LogP contribution in [0.3, 0.4) is 0 Å². The van der Waals surface area contributed by atoms with Gasteiger partial charge < -0.3 is 13.3 Å². The minimum atomic E-state index is 0.392. The van der Waals surface area contributed by atoms with Crippen LogP contribution < -0.4 is 9.80 Å². The second kappa shape index (κ2) is 13.0. The monoisotopic (exact) mass is 786 g/mol. The van der Waals surface area contributed by atoms with Crippen LogP contribution in [0.4, 0.5) is 34.6 Å². The molecule has 0 aliphatic carbocycles. The van der Waals surface area contributed by atoms with E-state index in [-0.39, 0.29) is 0 Å². The molecule has 9 heteroatoms. The summed E-state index contributed by atoms with van der Waals surface area (Å²) in [6.07, 6.45) is 3.58. The number of hydrogen-bond donors (Lipinski definition) is 0. The Hall–Kier alpha value is -8.56. The first kappa shape index (κ1) is 33.4. The minimum Gasteiger partial charge on any atom is -0.456 e. The number of anilines is 6. The van der Waals surface area contributed by atoms with E-state index in [1.165, 1.54) is 0 Å². The lowest BCUT2D eigenvalue weighted by molar-refractivity contribution is 0.638. The first-order valence-electron chi connectivity index (χ1n) is 20.0. The lowest BCUT2D eigenvalue weighted by Crippen LogP contribution is -2.13. The van der Waals surface area contributed by atoms with Crippen LogP contribution >= 0.6 is 0 Å². The highest BCUT2D eigenvalue weighted by molar-refractivity contribution is 6.08. The van der Waals surface area contributed by atoms with Gasteiger partial charge in [0.05, 0.1) is 22.1 Å².